The number of carbonyl (C=O) groups is 3. The van der Waals surface area contributed by atoms with Crippen LogP contribution < -0.4 is 28.4 Å². The monoisotopic (exact) mass is 1850 g/mol. The number of benzene rings is 16. The van der Waals surface area contributed by atoms with Gasteiger partial charge in [0.05, 0.1) is 0 Å². The highest BCUT2D eigenvalue weighted by Crippen LogP contribution is 2.34. The Bertz CT molecular complexity index is 4950. The van der Waals surface area contributed by atoms with Gasteiger partial charge in [-0.3, -0.25) is 14.4 Å². The summed E-state index contributed by atoms with van der Waals surface area (Å²) < 4.78 is 33.5. The van der Waals surface area contributed by atoms with Gasteiger partial charge in [0, 0.05) is 51.6 Å². The van der Waals surface area contributed by atoms with E-state index in [0.29, 0.717) is 33.8 Å². The van der Waals surface area contributed by atoms with Gasteiger partial charge in [0.25, 0.3) is 0 Å². The molecule has 12 heteroatoms. The maximum absolute atomic E-state index is 12.7. The second-order valence-corrected chi connectivity index (χ2v) is 27.9. The van der Waals surface area contributed by atoms with E-state index in [9.17, 15) is 14.4 Å². The smallest absolute Gasteiger partial charge is 0.230 e. The molecule has 0 aromatic heterocycles. The van der Waals surface area contributed by atoms with E-state index in [1.165, 1.54) is 29.4 Å². The number of ketones is 3. The predicted molar refractivity (Wildman–Crippen MR) is 579 cm³/mol. The highest BCUT2D eigenvalue weighted by molar-refractivity contribution is 8.00. The SMILES string of the molecule is CC.CC.CC.CC.CC.CC.CC.CC.CC.CC.CC(=O)c1ccc(Oc2ccccc2)cc1.CC(=O)c1ccc(Oc2ccccc2)cc1.O=C(c1ccc(Oc2ccccc2)cc1)c1ccc(Oc2ccccc2)cc1.c1ccc(OCOc2ccccc2)cc1.c1ccc(Sc2ccc(Sc3ccccc3)cc2)cc1.c1ccc(Sc2ccccc2)cc1.c1ccccc1. The molecule has 0 radical (unpaired) electrons. The molecule has 0 heterocycles. The molecule has 0 fully saturated rings. The molecule has 0 N–H and O–H groups in total. The van der Waals surface area contributed by atoms with Crippen molar-refractivity contribution in [2.24, 2.45) is 0 Å². The van der Waals surface area contributed by atoms with Crippen LogP contribution in [0.15, 0.2) is 490 Å². The summed E-state index contributed by atoms with van der Waals surface area (Å²) in [5.41, 5.74) is 2.61. The molecule has 704 valence electrons. The lowest BCUT2D eigenvalue weighted by Crippen LogP contribution is -2.05. The third-order valence-electron chi connectivity index (χ3n) is 15.8. The highest BCUT2D eigenvalue weighted by atomic mass is 32.2. The molecule has 9 nitrogen and oxygen atoms in total. The van der Waals surface area contributed by atoms with Crippen molar-refractivity contribution >= 4 is 52.6 Å². The van der Waals surface area contributed by atoms with Gasteiger partial charge >= 0.3 is 0 Å². The number of carbonyl (C=O) groups excluding carboxylic acids is 3. The zero-order valence-corrected chi connectivity index (χ0v) is 85.4. The zero-order valence-electron chi connectivity index (χ0n) is 83.0. The Labute approximate surface area is 818 Å². The fraction of sp³-hybridized carbons (Fsp3) is 0.189. The minimum absolute atomic E-state index is 0.0440. The number of ether oxygens (including phenoxy) is 6. The summed E-state index contributed by atoms with van der Waals surface area (Å²) in [5.74, 6) is 7.65. The highest BCUT2D eigenvalue weighted by Gasteiger charge is 2.11. The maximum Gasteiger partial charge on any atom is 0.230 e. The average molecular weight is 1850 g/mol. The molecule has 0 saturated heterocycles. The lowest BCUT2D eigenvalue weighted by atomic mass is 10.0. The van der Waals surface area contributed by atoms with Gasteiger partial charge in [0.1, 0.15) is 57.5 Å². The van der Waals surface area contributed by atoms with E-state index in [4.69, 9.17) is 28.4 Å². The molecule has 134 heavy (non-hydrogen) atoms. The van der Waals surface area contributed by atoms with E-state index in [-0.39, 0.29) is 24.1 Å². The van der Waals surface area contributed by atoms with Gasteiger partial charge in [-0.05, 0) is 257 Å². The fourth-order valence-corrected chi connectivity index (χ4v) is 12.6. The van der Waals surface area contributed by atoms with Crippen LogP contribution in [-0.2, 0) is 0 Å². The minimum Gasteiger partial charge on any atom is -0.458 e. The molecule has 0 bridgehead atoms. The van der Waals surface area contributed by atoms with Gasteiger partial charge in [-0.2, -0.15) is 0 Å². The summed E-state index contributed by atoms with van der Waals surface area (Å²) in [7, 11) is 0. The third kappa shape index (κ3) is 54.9. The van der Waals surface area contributed by atoms with Gasteiger partial charge in [-0.1, -0.05) is 392 Å². The Kier molecular flexibility index (Phi) is 75.2. The predicted octanol–water partition coefficient (Wildman–Crippen LogP) is 38.7. The molecular weight excluding hydrogens is 1710 g/mol. The summed E-state index contributed by atoms with van der Waals surface area (Å²) in [4.78, 5) is 42.5. The Hall–Kier alpha value is -13.6. The quantitative estimate of drug-likeness (QED) is 0.0476. The van der Waals surface area contributed by atoms with Gasteiger partial charge < -0.3 is 28.4 Å². The van der Waals surface area contributed by atoms with Crippen LogP contribution in [0.2, 0.25) is 0 Å². The van der Waals surface area contributed by atoms with E-state index >= 15 is 0 Å². The molecule has 0 aliphatic heterocycles. The first-order chi connectivity index (χ1) is 66.1. The van der Waals surface area contributed by atoms with Crippen LogP contribution in [0.4, 0.5) is 0 Å². The Morgan fingerprint density at radius 1 is 0.164 bits per heavy atom. The van der Waals surface area contributed by atoms with Crippen LogP contribution in [0.3, 0.4) is 0 Å². The molecular formula is C122H144O9S3. The van der Waals surface area contributed by atoms with Crippen molar-refractivity contribution in [1.82, 2.24) is 0 Å². The van der Waals surface area contributed by atoms with Gasteiger partial charge in [-0.15, -0.1) is 0 Å². The molecule has 0 aliphatic carbocycles. The summed E-state index contributed by atoms with van der Waals surface area (Å²) in [6, 6.07) is 148. The molecule has 0 amide bonds. The van der Waals surface area contributed by atoms with Crippen LogP contribution >= 0.6 is 35.3 Å². The largest absolute Gasteiger partial charge is 0.458 e. The Balaban J connectivity index is 0.00000152. The number of hydrogen-bond donors (Lipinski definition) is 0. The second kappa shape index (κ2) is 83.7. The van der Waals surface area contributed by atoms with Crippen LogP contribution in [0.1, 0.15) is 189 Å². The van der Waals surface area contributed by atoms with Gasteiger partial charge in [0.2, 0.25) is 6.79 Å². The van der Waals surface area contributed by atoms with Crippen LogP contribution in [0.5, 0.6) is 57.5 Å². The Morgan fingerprint density at radius 2 is 0.299 bits per heavy atom. The van der Waals surface area contributed by atoms with E-state index < -0.39 is 0 Å². The summed E-state index contributed by atoms with van der Waals surface area (Å²) in [5, 5.41) is 0. The molecule has 16 rings (SSSR count). The number of para-hydroxylation sites is 6. The summed E-state index contributed by atoms with van der Waals surface area (Å²) in [6.07, 6.45) is 0. The van der Waals surface area contributed by atoms with Gasteiger partial charge in [-0.25, -0.2) is 0 Å². The van der Waals surface area contributed by atoms with Crippen molar-refractivity contribution in [2.75, 3.05) is 6.79 Å². The number of rotatable bonds is 22. The maximum atomic E-state index is 12.7. The van der Waals surface area contributed by atoms with E-state index in [2.05, 4.69) is 121 Å². The summed E-state index contributed by atoms with van der Waals surface area (Å²) >= 11 is 5.37. The van der Waals surface area contributed by atoms with Crippen molar-refractivity contribution in [3.8, 4) is 57.5 Å². The van der Waals surface area contributed by atoms with Crippen LogP contribution in [-0.4, -0.2) is 24.1 Å². The minimum atomic E-state index is -0.0440. The standard InChI is InChI=1S/C25H18O3.C18H14S2.2C14H12O2.C13H12O2.C12H10S.C6H6.10C2H6/c26-25(19-11-15-23(16-12-19)27-21-7-3-1-4-8-21)20-13-17-24(18-14-20)28-22-9-5-2-6-10-22;1-3-7-15(8-4-1)19-17-11-13-18(14-12-17)20-16-9-5-2-6-10-16;2*1-11(15)12-7-9-14(10-8-12)16-13-5-3-2-4-6-13;1-3-7-12(8-4-1)14-11-15-13-9-5-2-6-10-13;1-3-7-11(8-4-1)13-12-9-5-2-6-10-12;1-2-4-6-5-3-1;10*1-2/h1-18H;1-14H;2*2-10H,1H3;1-10H,11H2;1-10H;1-6H;10*1-2H3. The lowest BCUT2D eigenvalue weighted by Gasteiger charge is -2.08. The zero-order chi connectivity index (χ0) is 99.1. The van der Waals surface area contributed by atoms with Gasteiger partial charge in [0.15, 0.2) is 17.3 Å². The average Bonchev–Trinajstić information content (AvgIpc) is 0.789. The molecule has 0 saturated carbocycles. The lowest BCUT2D eigenvalue weighted by molar-refractivity contribution is 0.100. The van der Waals surface area contributed by atoms with E-state index in [1.807, 2.05) is 381 Å². The molecule has 0 atom stereocenters. The molecule has 0 aliphatic rings. The van der Waals surface area contributed by atoms with E-state index in [0.717, 1.165) is 46.0 Å². The van der Waals surface area contributed by atoms with Crippen molar-refractivity contribution in [3.05, 3.63) is 483 Å². The number of hydrogen-bond acceptors (Lipinski definition) is 12. The number of Topliss-reactive ketones (excluding diaryl/α,β-unsaturated/α-hetero) is 2. The molecule has 16 aromatic carbocycles. The molecule has 0 spiro atoms. The fourth-order valence-electron chi connectivity index (χ4n) is 10.1. The third-order valence-corrected chi connectivity index (χ3v) is 18.8. The van der Waals surface area contributed by atoms with Crippen molar-refractivity contribution in [2.45, 2.75) is 182 Å². The second-order valence-electron chi connectivity index (χ2n) is 24.4. The first-order valence-electron chi connectivity index (χ1n) is 46.7. The van der Waals surface area contributed by atoms with Crippen LogP contribution in [0, 0.1) is 0 Å². The summed E-state index contributed by atoms with van der Waals surface area (Å²) in [6.45, 7) is 43.3. The first-order valence-corrected chi connectivity index (χ1v) is 49.1. The Morgan fingerprint density at radius 3 is 0.470 bits per heavy atom. The van der Waals surface area contributed by atoms with Crippen molar-refractivity contribution < 1.29 is 42.8 Å². The van der Waals surface area contributed by atoms with E-state index in [1.54, 1.807) is 146 Å². The topological polar surface area (TPSA) is 107 Å². The normalized spacial score (nSPS) is 8.88. The van der Waals surface area contributed by atoms with Crippen molar-refractivity contribution in [1.29, 1.82) is 0 Å². The first kappa shape index (κ1) is 120. The van der Waals surface area contributed by atoms with Crippen molar-refractivity contribution in [3.63, 3.8) is 0 Å². The molecule has 0 unspecified atom stereocenters. The van der Waals surface area contributed by atoms with Crippen LogP contribution in [0.25, 0.3) is 0 Å². The molecule has 16 aromatic rings.